The number of non-ortho nitro benzene ring substituents is 1. The Hall–Kier alpha value is -2.96. The molecule has 0 radical (unpaired) electrons. The summed E-state index contributed by atoms with van der Waals surface area (Å²) in [6.07, 6.45) is 3.36. The Balaban J connectivity index is 2.12. The monoisotopic (exact) mass is 269 g/mol. The van der Waals surface area contributed by atoms with Crippen LogP contribution in [0.5, 0.6) is 0 Å². The van der Waals surface area contributed by atoms with E-state index < -0.39 is 4.92 Å². The molecule has 0 saturated heterocycles. The van der Waals surface area contributed by atoms with Crippen molar-refractivity contribution in [2.75, 3.05) is 5.32 Å². The molecule has 2 heterocycles. The molecule has 20 heavy (non-hydrogen) atoms. The fourth-order valence-electron chi connectivity index (χ4n) is 2.03. The highest BCUT2D eigenvalue weighted by atomic mass is 16.6. The van der Waals surface area contributed by atoms with Crippen molar-refractivity contribution in [1.29, 1.82) is 0 Å². The molecular weight excluding hydrogens is 258 g/mol. The quantitative estimate of drug-likeness (QED) is 0.583. The molecule has 100 valence electrons. The third-order valence-corrected chi connectivity index (χ3v) is 2.92. The Morgan fingerprint density at radius 3 is 2.85 bits per heavy atom. The molecule has 0 spiro atoms. The smallest absolute Gasteiger partial charge is 0.295 e. The van der Waals surface area contributed by atoms with Gasteiger partial charge in [-0.2, -0.15) is 5.10 Å². The van der Waals surface area contributed by atoms with Gasteiger partial charge in [0.25, 0.3) is 5.69 Å². The number of rotatable bonds is 3. The first kappa shape index (κ1) is 12.1. The maximum Gasteiger partial charge on any atom is 0.295 e. The van der Waals surface area contributed by atoms with E-state index in [4.69, 9.17) is 0 Å². The molecule has 0 fully saturated rings. The van der Waals surface area contributed by atoms with Gasteiger partial charge in [0.05, 0.1) is 4.92 Å². The van der Waals surface area contributed by atoms with Gasteiger partial charge < -0.3 is 5.32 Å². The Kier molecular flexibility index (Phi) is 2.79. The van der Waals surface area contributed by atoms with Crippen LogP contribution >= 0.6 is 0 Å². The maximum atomic E-state index is 11.0. The van der Waals surface area contributed by atoms with Crippen LogP contribution < -0.4 is 5.32 Å². The third-order valence-electron chi connectivity index (χ3n) is 2.92. The largest absolute Gasteiger partial charge is 0.338 e. The van der Waals surface area contributed by atoms with Crippen LogP contribution in [0.25, 0.3) is 10.9 Å². The van der Waals surface area contributed by atoms with Crippen molar-refractivity contribution in [3.8, 4) is 0 Å². The molecule has 0 saturated carbocycles. The lowest BCUT2D eigenvalue weighted by Crippen LogP contribution is -1.97. The zero-order valence-corrected chi connectivity index (χ0v) is 10.6. The second-order valence-electron chi connectivity index (χ2n) is 4.29. The topological polar surface area (TPSA) is 85.9 Å². The van der Waals surface area contributed by atoms with Gasteiger partial charge in [-0.05, 0) is 18.2 Å². The SMILES string of the molecule is Cn1ccc(Nc2ccc([N+](=O)[O-])c3ncccc23)n1. The van der Waals surface area contributed by atoms with Gasteiger partial charge in [0.1, 0.15) is 5.52 Å². The summed E-state index contributed by atoms with van der Waals surface area (Å²) in [5.41, 5.74) is 1.09. The molecule has 2 aromatic heterocycles. The van der Waals surface area contributed by atoms with Crippen LogP contribution in [-0.4, -0.2) is 19.7 Å². The molecule has 1 aromatic carbocycles. The number of pyridine rings is 1. The van der Waals surface area contributed by atoms with Crippen LogP contribution in [0.3, 0.4) is 0 Å². The molecule has 0 aliphatic heterocycles. The van der Waals surface area contributed by atoms with Crippen molar-refractivity contribution in [3.63, 3.8) is 0 Å². The van der Waals surface area contributed by atoms with Crippen LogP contribution in [0.15, 0.2) is 42.7 Å². The third kappa shape index (κ3) is 2.05. The summed E-state index contributed by atoms with van der Waals surface area (Å²) in [7, 11) is 1.82. The predicted molar refractivity (Wildman–Crippen MR) is 74.9 cm³/mol. The average molecular weight is 269 g/mol. The van der Waals surface area contributed by atoms with Gasteiger partial charge in [-0.15, -0.1) is 0 Å². The molecule has 3 rings (SSSR count). The standard InChI is InChI=1S/C13H11N5O2/c1-17-8-6-12(16-17)15-10-4-5-11(18(19)20)13-9(10)3-2-7-14-13/h2-8H,1H3,(H,15,16). The van der Waals surface area contributed by atoms with Crippen molar-refractivity contribution >= 4 is 28.1 Å². The Morgan fingerprint density at radius 1 is 1.30 bits per heavy atom. The van der Waals surface area contributed by atoms with Gasteiger partial charge in [0.15, 0.2) is 5.82 Å². The molecule has 0 bridgehead atoms. The molecule has 0 aliphatic carbocycles. The van der Waals surface area contributed by atoms with Crippen LogP contribution in [0.1, 0.15) is 0 Å². The highest BCUT2D eigenvalue weighted by Gasteiger charge is 2.15. The van der Waals surface area contributed by atoms with Gasteiger partial charge in [-0.3, -0.25) is 14.8 Å². The molecule has 1 N–H and O–H groups in total. The first-order chi connectivity index (χ1) is 9.65. The fourth-order valence-corrected chi connectivity index (χ4v) is 2.03. The highest BCUT2D eigenvalue weighted by Crippen LogP contribution is 2.30. The van der Waals surface area contributed by atoms with E-state index in [1.54, 1.807) is 29.1 Å². The second-order valence-corrected chi connectivity index (χ2v) is 4.29. The Bertz CT molecular complexity index is 796. The number of nitrogens with zero attached hydrogens (tertiary/aromatic N) is 4. The van der Waals surface area contributed by atoms with E-state index in [-0.39, 0.29) is 5.69 Å². The number of hydrogen-bond donors (Lipinski definition) is 1. The lowest BCUT2D eigenvalue weighted by atomic mass is 10.1. The van der Waals surface area contributed by atoms with E-state index in [1.165, 1.54) is 6.07 Å². The number of hydrogen-bond acceptors (Lipinski definition) is 5. The normalized spacial score (nSPS) is 10.7. The lowest BCUT2D eigenvalue weighted by molar-refractivity contribution is -0.383. The summed E-state index contributed by atoms with van der Waals surface area (Å²) >= 11 is 0. The molecule has 0 amide bonds. The molecule has 3 aromatic rings. The lowest BCUT2D eigenvalue weighted by Gasteiger charge is -2.07. The van der Waals surface area contributed by atoms with Crippen molar-refractivity contribution in [2.24, 2.45) is 7.05 Å². The van der Waals surface area contributed by atoms with Crippen molar-refractivity contribution < 1.29 is 4.92 Å². The zero-order valence-electron chi connectivity index (χ0n) is 10.6. The number of fused-ring (bicyclic) bond motifs is 1. The fraction of sp³-hybridized carbons (Fsp3) is 0.0769. The minimum Gasteiger partial charge on any atom is -0.338 e. The summed E-state index contributed by atoms with van der Waals surface area (Å²) in [5, 5.41) is 19.1. The maximum absolute atomic E-state index is 11.0. The average Bonchev–Trinajstić information content (AvgIpc) is 2.84. The number of nitro benzene ring substituents is 1. The first-order valence-electron chi connectivity index (χ1n) is 5.94. The van der Waals surface area contributed by atoms with E-state index in [2.05, 4.69) is 15.4 Å². The van der Waals surface area contributed by atoms with Crippen LogP contribution in [0, 0.1) is 10.1 Å². The van der Waals surface area contributed by atoms with Gasteiger partial charge in [0, 0.05) is 42.6 Å². The number of nitro groups is 1. The summed E-state index contributed by atoms with van der Waals surface area (Å²) in [5.74, 6) is 0.673. The first-order valence-corrected chi connectivity index (χ1v) is 5.94. The molecule has 0 unspecified atom stereocenters. The van der Waals surface area contributed by atoms with Gasteiger partial charge in [-0.25, -0.2) is 4.98 Å². The summed E-state index contributed by atoms with van der Waals surface area (Å²) in [6, 6.07) is 8.47. The van der Waals surface area contributed by atoms with Crippen LogP contribution in [0.4, 0.5) is 17.2 Å². The molecule has 0 aliphatic rings. The second kappa shape index (κ2) is 4.61. The molecular formula is C13H11N5O2. The van der Waals surface area contributed by atoms with E-state index in [0.29, 0.717) is 16.7 Å². The van der Waals surface area contributed by atoms with Crippen LogP contribution in [-0.2, 0) is 7.05 Å². The number of benzene rings is 1. The van der Waals surface area contributed by atoms with Crippen molar-refractivity contribution in [3.05, 3.63) is 52.8 Å². The predicted octanol–water partition coefficient (Wildman–Crippen LogP) is 2.62. The summed E-state index contributed by atoms with van der Waals surface area (Å²) < 4.78 is 1.67. The summed E-state index contributed by atoms with van der Waals surface area (Å²) in [6.45, 7) is 0. The van der Waals surface area contributed by atoms with Crippen molar-refractivity contribution in [2.45, 2.75) is 0 Å². The van der Waals surface area contributed by atoms with Crippen LogP contribution in [0.2, 0.25) is 0 Å². The Labute approximate surface area is 114 Å². The Morgan fingerprint density at radius 2 is 2.15 bits per heavy atom. The number of aromatic nitrogens is 3. The van der Waals surface area contributed by atoms with Gasteiger partial charge in [0.2, 0.25) is 0 Å². The van der Waals surface area contributed by atoms with E-state index >= 15 is 0 Å². The zero-order chi connectivity index (χ0) is 14.1. The number of nitrogens with one attached hydrogen (secondary N) is 1. The van der Waals surface area contributed by atoms with E-state index in [9.17, 15) is 10.1 Å². The number of aryl methyl sites for hydroxylation is 1. The minimum atomic E-state index is -0.431. The van der Waals surface area contributed by atoms with E-state index in [1.807, 2.05) is 19.3 Å². The molecule has 0 atom stereocenters. The molecule has 7 heteroatoms. The molecule has 7 nitrogen and oxygen atoms in total. The van der Waals surface area contributed by atoms with Crippen molar-refractivity contribution in [1.82, 2.24) is 14.8 Å². The van der Waals surface area contributed by atoms with Gasteiger partial charge in [-0.1, -0.05) is 0 Å². The summed E-state index contributed by atoms with van der Waals surface area (Å²) in [4.78, 5) is 14.7. The van der Waals surface area contributed by atoms with E-state index in [0.717, 1.165) is 5.69 Å². The number of anilines is 2. The highest BCUT2D eigenvalue weighted by molar-refractivity contribution is 5.97. The minimum absolute atomic E-state index is 0.00725. The van der Waals surface area contributed by atoms with Gasteiger partial charge >= 0.3 is 0 Å².